The second-order valence-electron chi connectivity index (χ2n) is 7.73. The largest absolute Gasteiger partial charge is 0.486 e. The number of ether oxygens (including phenoxy) is 2. The predicted molar refractivity (Wildman–Crippen MR) is 99.5 cm³/mol. The molecule has 0 saturated carbocycles. The van der Waals surface area contributed by atoms with Crippen molar-refractivity contribution in [1.29, 1.82) is 0 Å². The van der Waals surface area contributed by atoms with Gasteiger partial charge in [-0.1, -0.05) is 11.8 Å². The van der Waals surface area contributed by atoms with Gasteiger partial charge in [-0.25, -0.2) is 9.78 Å². The van der Waals surface area contributed by atoms with Gasteiger partial charge in [0, 0.05) is 13.2 Å². The quantitative estimate of drug-likeness (QED) is 0.721. The first-order chi connectivity index (χ1) is 12.4. The number of amides is 2. The fraction of sp³-hybridized carbons (Fsp3) is 0.526. The molecule has 1 aromatic heterocycles. The van der Waals surface area contributed by atoms with Crippen molar-refractivity contribution in [2.75, 3.05) is 18.6 Å². The van der Waals surface area contributed by atoms with Crippen molar-refractivity contribution in [2.45, 2.75) is 51.9 Å². The summed E-state index contributed by atoms with van der Waals surface area (Å²) in [6.07, 6.45) is 0.793. The summed E-state index contributed by atoms with van der Waals surface area (Å²) >= 11 is 0. The van der Waals surface area contributed by atoms with E-state index in [0.717, 1.165) is 0 Å². The molecule has 0 spiro atoms. The van der Waals surface area contributed by atoms with Gasteiger partial charge in [0.2, 0.25) is 0 Å². The lowest BCUT2D eigenvalue weighted by Crippen LogP contribution is -2.50. The van der Waals surface area contributed by atoms with Crippen LogP contribution in [0.3, 0.4) is 0 Å². The first-order valence-electron chi connectivity index (χ1n) is 8.52. The number of rotatable bonds is 1. The first kappa shape index (κ1) is 20.5. The third-order valence-electron chi connectivity index (χ3n) is 3.42. The Morgan fingerprint density at radius 3 is 2.67 bits per heavy atom. The topological polar surface area (TPSA) is 101 Å². The monoisotopic (exact) mass is 375 g/mol. The van der Waals surface area contributed by atoms with Crippen molar-refractivity contribution in [2.24, 2.45) is 0 Å². The van der Waals surface area contributed by atoms with Gasteiger partial charge < -0.3 is 19.9 Å². The summed E-state index contributed by atoms with van der Waals surface area (Å²) in [6, 6.07) is 0.700. The van der Waals surface area contributed by atoms with E-state index >= 15 is 0 Å². The molecule has 0 aliphatic carbocycles. The molecular formula is C19H25N3O5. The van der Waals surface area contributed by atoms with Gasteiger partial charge in [-0.2, -0.15) is 0 Å². The lowest BCUT2D eigenvalue weighted by Gasteiger charge is -2.23. The number of carbonyl (C=O) groups excluding carboxylic acids is 2. The zero-order valence-electron chi connectivity index (χ0n) is 16.4. The van der Waals surface area contributed by atoms with Crippen LogP contribution in [0.15, 0.2) is 12.3 Å². The summed E-state index contributed by atoms with van der Waals surface area (Å²) < 4.78 is 10.9. The Hall–Kier alpha value is -2.79. The molecule has 0 unspecified atom stereocenters. The molecule has 2 N–H and O–H groups in total. The van der Waals surface area contributed by atoms with E-state index in [-0.39, 0.29) is 18.3 Å². The van der Waals surface area contributed by atoms with Crippen LogP contribution < -0.4 is 15.0 Å². The molecule has 1 aliphatic rings. The number of fused-ring (bicyclic) bond motifs is 1. The van der Waals surface area contributed by atoms with Crippen molar-refractivity contribution in [1.82, 2.24) is 10.3 Å². The molecule has 0 aromatic carbocycles. The summed E-state index contributed by atoms with van der Waals surface area (Å²) in [5.41, 5.74) is -1.38. The Kier molecular flexibility index (Phi) is 5.66. The lowest BCUT2D eigenvalue weighted by molar-refractivity contribution is -0.120. The predicted octanol–water partition coefficient (Wildman–Crippen LogP) is 1.45. The number of nitrogens with one attached hydrogen (secondary N) is 1. The Morgan fingerprint density at radius 1 is 1.41 bits per heavy atom. The van der Waals surface area contributed by atoms with E-state index in [0.29, 0.717) is 11.3 Å². The Balaban J connectivity index is 2.28. The van der Waals surface area contributed by atoms with Gasteiger partial charge in [0.15, 0.2) is 11.6 Å². The molecule has 1 aliphatic heterocycles. The van der Waals surface area contributed by atoms with Crippen LogP contribution in [0, 0.1) is 11.8 Å². The minimum atomic E-state index is -1.18. The van der Waals surface area contributed by atoms with Gasteiger partial charge in [0.1, 0.15) is 23.9 Å². The molecule has 0 saturated heterocycles. The van der Waals surface area contributed by atoms with Gasteiger partial charge in [-0.05, 0) is 40.7 Å². The van der Waals surface area contributed by atoms with Crippen molar-refractivity contribution in [3.63, 3.8) is 0 Å². The molecular weight excluding hydrogens is 350 g/mol. The second-order valence-corrected chi connectivity index (χ2v) is 7.73. The van der Waals surface area contributed by atoms with Gasteiger partial charge in [-0.3, -0.25) is 9.69 Å². The summed E-state index contributed by atoms with van der Waals surface area (Å²) in [6.45, 7) is 8.24. The minimum Gasteiger partial charge on any atom is -0.486 e. The number of alkyl carbamates (subject to hydrolysis) is 1. The Labute approximate surface area is 158 Å². The highest BCUT2D eigenvalue weighted by Crippen LogP contribution is 2.31. The number of aliphatic hydroxyl groups is 1. The van der Waals surface area contributed by atoms with E-state index in [4.69, 9.17) is 9.47 Å². The van der Waals surface area contributed by atoms with Crippen LogP contribution in [-0.2, 0) is 9.53 Å². The molecule has 1 aromatic rings. The van der Waals surface area contributed by atoms with Crippen LogP contribution in [0.25, 0.3) is 0 Å². The maximum absolute atomic E-state index is 12.7. The van der Waals surface area contributed by atoms with Crippen molar-refractivity contribution in [3.05, 3.63) is 17.8 Å². The zero-order chi connectivity index (χ0) is 20.4. The first-order valence-corrected chi connectivity index (χ1v) is 8.52. The van der Waals surface area contributed by atoms with Crippen LogP contribution in [0.2, 0.25) is 0 Å². The molecule has 2 rings (SSSR count). The average Bonchev–Trinajstić information content (AvgIpc) is 2.63. The smallest absolute Gasteiger partial charge is 0.408 e. The molecule has 2 amide bonds. The summed E-state index contributed by atoms with van der Waals surface area (Å²) in [5.74, 6) is 5.77. The third-order valence-corrected chi connectivity index (χ3v) is 3.42. The van der Waals surface area contributed by atoms with Gasteiger partial charge in [0.25, 0.3) is 5.91 Å². The number of hydrogen-bond acceptors (Lipinski definition) is 6. The van der Waals surface area contributed by atoms with Crippen LogP contribution in [0.5, 0.6) is 5.75 Å². The minimum absolute atomic E-state index is 0.0989. The van der Waals surface area contributed by atoms with E-state index in [9.17, 15) is 14.7 Å². The highest BCUT2D eigenvalue weighted by Gasteiger charge is 2.33. The van der Waals surface area contributed by atoms with E-state index in [2.05, 4.69) is 22.1 Å². The van der Waals surface area contributed by atoms with Gasteiger partial charge in [0.05, 0.1) is 5.56 Å². The Morgan fingerprint density at radius 2 is 2.07 bits per heavy atom. The molecule has 0 radical (unpaired) electrons. The molecule has 1 atom stereocenters. The lowest BCUT2D eigenvalue weighted by atomic mass is 10.1. The third kappa shape index (κ3) is 5.59. The summed E-state index contributed by atoms with van der Waals surface area (Å²) in [4.78, 5) is 30.2. The molecule has 146 valence electrons. The molecule has 0 fully saturated rings. The van der Waals surface area contributed by atoms with E-state index in [1.807, 2.05) is 0 Å². The van der Waals surface area contributed by atoms with Gasteiger partial charge in [-0.15, -0.1) is 0 Å². The second kappa shape index (κ2) is 7.45. The summed E-state index contributed by atoms with van der Waals surface area (Å²) in [7, 11) is 1.54. The van der Waals surface area contributed by atoms with Crippen molar-refractivity contribution >= 4 is 17.8 Å². The van der Waals surface area contributed by atoms with Crippen LogP contribution in [0.4, 0.5) is 10.6 Å². The number of aromatic nitrogens is 1. The van der Waals surface area contributed by atoms with E-state index in [1.165, 1.54) is 11.1 Å². The number of carbonyl (C=O) groups is 2. The Bertz CT molecular complexity index is 796. The van der Waals surface area contributed by atoms with Gasteiger partial charge >= 0.3 is 6.09 Å². The summed E-state index contributed by atoms with van der Waals surface area (Å²) in [5, 5.41) is 12.3. The van der Waals surface area contributed by atoms with Crippen molar-refractivity contribution < 1.29 is 24.2 Å². The fourth-order valence-electron chi connectivity index (χ4n) is 2.27. The molecule has 0 bridgehead atoms. The number of likely N-dealkylation sites (N-methyl/N-ethyl adjacent to an activating group) is 1. The number of pyridine rings is 1. The van der Waals surface area contributed by atoms with E-state index < -0.39 is 23.3 Å². The standard InChI is InChI=1S/C19H25N3O5/c1-18(2,3)27-17(24)21-13-11-26-14-12(7-9-19(4,5)25)8-10-20-15(14)22(6)16(13)23/h8,10,13,25H,11H2,1-6H3,(H,21,24)/t13-/m0/s1. The van der Waals surface area contributed by atoms with Crippen LogP contribution in [0.1, 0.15) is 40.2 Å². The van der Waals surface area contributed by atoms with Crippen LogP contribution in [-0.4, -0.2) is 53.0 Å². The SMILES string of the molecule is CN1C(=O)[C@@H](NC(=O)OC(C)(C)C)COc2c(C#CC(C)(C)O)ccnc21. The average molecular weight is 375 g/mol. The fourth-order valence-corrected chi connectivity index (χ4v) is 2.27. The maximum atomic E-state index is 12.7. The van der Waals surface area contributed by atoms with E-state index in [1.54, 1.807) is 47.7 Å². The maximum Gasteiger partial charge on any atom is 0.408 e. The number of nitrogens with zero attached hydrogens (tertiary/aromatic N) is 2. The highest BCUT2D eigenvalue weighted by atomic mass is 16.6. The molecule has 2 heterocycles. The number of hydrogen-bond donors (Lipinski definition) is 2. The van der Waals surface area contributed by atoms with Crippen molar-refractivity contribution in [3.8, 4) is 17.6 Å². The molecule has 8 nitrogen and oxygen atoms in total. The molecule has 8 heteroatoms. The normalized spacial score (nSPS) is 17.1. The highest BCUT2D eigenvalue weighted by molar-refractivity contribution is 5.99. The zero-order valence-corrected chi connectivity index (χ0v) is 16.4. The molecule has 27 heavy (non-hydrogen) atoms. The number of anilines is 1. The van der Waals surface area contributed by atoms with Crippen LogP contribution >= 0.6 is 0 Å².